The van der Waals surface area contributed by atoms with Crippen LogP contribution in [0.4, 0.5) is 11.4 Å². The molecule has 0 aliphatic carbocycles. The number of benzene rings is 2. The normalized spacial score (nSPS) is 11.2. The van der Waals surface area contributed by atoms with Crippen LogP contribution in [-0.4, -0.2) is 70.7 Å². The molecule has 0 atom stereocenters. The molecule has 2 N–H and O–H groups in total. The molecule has 0 heterocycles. The Bertz CT molecular complexity index is 1210. The minimum atomic E-state index is -0.834. The molecule has 0 saturated carbocycles. The number of esters is 2. The van der Waals surface area contributed by atoms with Gasteiger partial charge in [0.2, 0.25) is 11.5 Å². The number of phenolic OH excluding ortho intramolecular Hbond substituents is 2. The first-order chi connectivity index (χ1) is 19.1. The number of aromatic hydroxyl groups is 2. The van der Waals surface area contributed by atoms with Gasteiger partial charge in [-0.1, -0.05) is 26.7 Å². The third-order valence-electron chi connectivity index (χ3n) is 5.38. The highest BCUT2D eigenvalue weighted by Crippen LogP contribution is 2.32. The number of aliphatic imine (C=N–C) groups is 2. The summed E-state index contributed by atoms with van der Waals surface area (Å²) in [5.74, 6) is -2.91. The quantitative estimate of drug-likeness (QED) is 0.104. The summed E-state index contributed by atoms with van der Waals surface area (Å²) in [5, 5.41) is 43.1. The fourth-order valence-corrected chi connectivity index (χ4v) is 3.22. The first kappa shape index (κ1) is 31.3. The smallest absolute Gasteiger partial charge is 0.338 e. The zero-order chi connectivity index (χ0) is 29.7. The summed E-state index contributed by atoms with van der Waals surface area (Å²) in [6.45, 7) is 4.13. The van der Waals surface area contributed by atoms with E-state index in [9.17, 15) is 40.0 Å². The van der Waals surface area contributed by atoms with Crippen molar-refractivity contribution < 1.29 is 39.1 Å². The summed E-state index contributed by atoms with van der Waals surface area (Å²) in [4.78, 5) is 53.6. The van der Waals surface area contributed by atoms with Gasteiger partial charge in [-0.15, -0.1) is 0 Å². The van der Waals surface area contributed by atoms with Gasteiger partial charge >= 0.3 is 23.3 Å². The molecule has 0 bridgehead atoms. The lowest BCUT2D eigenvalue weighted by Gasteiger charge is -2.07. The van der Waals surface area contributed by atoms with E-state index in [-0.39, 0.29) is 48.6 Å². The number of nitro benzene ring substituents is 2. The van der Waals surface area contributed by atoms with Crippen LogP contribution in [-0.2, 0) is 9.47 Å². The van der Waals surface area contributed by atoms with Crippen molar-refractivity contribution in [1.82, 2.24) is 0 Å². The largest absolute Gasteiger partial charge is 0.502 e. The van der Waals surface area contributed by atoms with Gasteiger partial charge in [-0.2, -0.15) is 0 Å². The van der Waals surface area contributed by atoms with Gasteiger partial charge in [-0.25, -0.2) is 9.59 Å². The topological polar surface area (TPSA) is 204 Å². The van der Waals surface area contributed by atoms with Gasteiger partial charge in [0, 0.05) is 35.7 Å². The lowest BCUT2D eigenvalue weighted by atomic mass is 10.1. The Kier molecular flexibility index (Phi) is 12.2. The molecule has 0 amide bonds. The van der Waals surface area contributed by atoms with Crippen LogP contribution in [0.3, 0.4) is 0 Å². The summed E-state index contributed by atoms with van der Waals surface area (Å²) in [6.07, 6.45) is 5.10. The van der Waals surface area contributed by atoms with Crippen LogP contribution in [0.5, 0.6) is 11.5 Å². The van der Waals surface area contributed by atoms with Gasteiger partial charge in [-0.05, 0) is 25.0 Å². The third-order valence-corrected chi connectivity index (χ3v) is 5.38. The van der Waals surface area contributed by atoms with Crippen LogP contribution in [0.1, 0.15) is 71.4 Å². The molecule has 0 aliphatic rings. The van der Waals surface area contributed by atoms with Crippen LogP contribution >= 0.6 is 0 Å². The Morgan fingerprint density at radius 3 is 1.48 bits per heavy atom. The standard InChI is InChI=1S/C26H30N4O10/c1-3-5-9-39-25(33)17-11-19(23(31)21(13-17)29(35)36)15-27-7-8-28-16-20-12-18(26(34)40-10-6-4-2)14-22(24(20)32)30(37)38/h11-16,31-32H,3-10H2,1-2H3. The second-order valence-corrected chi connectivity index (χ2v) is 8.43. The number of nitrogens with zero attached hydrogens (tertiary/aromatic N) is 4. The summed E-state index contributed by atoms with van der Waals surface area (Å²) >= 11 is 0. The van der Waals surface area contributed by atoms with E-state index in [1.54, 1.807) is 0 Å². The van der Waals surface area contributed by atoms with Crippen LogP contribution < -0.4 is 0 Å². The fraction of sp³-hybridized carbons (Fsp3) is 0.385. The molecule has 214 valence electrons. The molecule has 0 aliphatic heterocycles. The predicted octanol–water partition coefficient (Wildman–Crippen LogP) is 4.37. The Morgan fingerprint density at radius 2 is 1.15 bits per heavy atom. The maximum absolute atomic E-state index is 12.3. The molecule has 0 fully saturated rings. The molecule has 14 nitrogen and oxygen atoms in total. The number of hydrogen-bond acceptors (Lipinski definition) is 12. The number of carbonyl (C=O) groups excluding carboxylic acids is 2. The van der Waals surface area contributed by atoms with E-state index in [0.717, 1.165) is 37.4 Å². The van der Waals surface area contributed by atoms with Crippen molar-refractivity contribution in [1.29, 1.82) is 0 Å². The highest BCUT2D eigenvalue weighted by atomic mass is 16.6. The first-order valence-corrected chi connectivity index (χ1v) is 12.5. The van der Waals surface area contributed by atoms with Crippen molar-refractivity contribution >= 4 is 35.7 Å². The van der Waals surface area contributed by atoms with Gasteiger partial charge in [0.05, 0.1) is 47.3 Å². The monoisotopic (exact) mass is 558 g/mol. The lowest BCUT2D eigenvalue weighted by molar-refractivity contribution is -0.386. The maximum Gasteiger partial charge on any atom is 0.338 e. The zero-order valence-electron chi connectivity index (χ0n) is 22.1. The summed E-state index contributed by atoms with van der Waals surface area (Å²) < 4.78 is 10.2. The second-order valence-electron chi connectivity index (χ2n) is 8.43. The summed E-state index contributed by atoms with van der Waals surface area (Å²) in [6, 6.07) is 4.27. The third kappa shape index (κ3) is 8.85. The molecular weight excluding hydrogens is 528 g/mol. The molecule has 2 aromatic rings. The Morgan fingerprint density at radius 1 is 0.775 bits per heavy atom. The van der Waals surface area contributed by atoms with E-state index in [4.69, 9.17) is 9.47 Å². The van der Waals surface area contributed by atoms with E-state index >= 15 is 0 Å². The number of hydrogen-bond donors (Lipinski definition) is 2. The van der Waals surface area contributed by atoms with Crippen molar-refractivity contribution in [2.75, 3.05) is 26.3 Å². The molecule has 2 rings (SSSR count). The average Bonchev–Trinajstić information content (AvgIpc) is 2.91. The molecule has 40 heavy (non-hydrogen) atoms. The molecule has 2 aromatic carbocycles. The van der Waals surface area contributed by atoms with Crippen molar-refractivity contribution in [3.05, 3.63) is 66.7 Å². The van der Waals surface area contributed by atoms with Crippen molar-refractivity contribution in [2.45, 2.75) is 39.5 Å². The summed E-state index contributed by atoms with van der Waals surface area (Å²) in [7, 11) is 0. The average molecular weight is 559 g/mol. The number of phenols is 2. The van der Waals surface area contributed by atoms with E-state index in [2.05, 4.69) is 9.98 Å². The Hall–Kier alpha value is -4.88. The van der Waals surface area contributed by atoms with E-state index in [0.29, 0.717) is 12.8 Å². The highest BCUT2D eigenvalue weighted by molar-refractivity contribution is 5.96. The van der Waals surface area contributed by atoms with E-state index < -0.39 is 44.7 Å². The summed E-state index contributed by atoms with van der Waals surface area (Å²) in [5.41, 5.74) is -1.77. The van der Waals surface area contributed by atoms with Gasteiger partial charge in [0.1, 0.15) is 0 Å². The Labute approximate surface area is 229 Å². The van der Waals surface area contributed by atoms with Gasteiger partial charge in [0.25, 0.3) is 0 Å². The lowest BCUT2D eigenvalue weighted by Crippen LogP contribution is -2.08. The SMILES string of the molecule is CCCCOC(=O)c1cc(C=NCCN=Cc2cc(C(=O)OCCCC)cc([N+](=O)[O-])c2O)c(O)c([N+](=O)[O-])c1. The molecule has 14 heteroatoms. The first-order valence-electron chi connectivity index (χ1n) is 12.5. The fourth-order valence-electron chi connectivity index (χ4n) is 3.22. The van der Waals surface area contributed by atoms with Crippen LogP contribution in [0.2, 0.25) is 0 Å². The number of unbranched alkanes of at least 4 members (excludes halogenated alkanes) is 2. The number of ether oxygens (including phenoxy) is 2. The molecule has 0 spiro atoms. The highest BCUT2D eigenvalue weighted by Gasteiger charge is 2.23. The van der Waals surface area contributed by atoms with Crippen LogP contribution in [0.15, 0.2) is 34.3 Å². The van der Waals surface area contributed by atoms with Crippen LogP contribution in [0, 0.1) is 20.2 Å². The maximum atomic E-state index is 12.3. The Balaban J connectivity index is 2.17. The zero-order valence-corrected chi connectivity index (χ0v) is 22.1. The van der Waals surface area contributed by atoms with E-state index in [1.807, 2.05) is 13.8 Å². The predicted molar refractivity (Wildman–Crippen MR) is 145 cm³/mol. The molecule has 0 saturated heterocycles. The van der Waals surface area contributed by atoms with Gasteiger partial charge in [-0.3, -0.25) is 30.2 Å². The van der Waals surface area contributed by atoms with Crippen molar-refractivity contribution in [2.24, 2.45) is 9.98 Å². The molecule has 0 unspecified atom stereocenters. The number of rotatable bonds is 15. The van der Waals surface area contributed by atoms with Crippen LogP contribution in [0.25, 0.3) is 0 Å². The van der Waals surface area contributed by atoms with Crippen molar-refractivity contribution in [3.8, 4) is 11.5 Å². The van der Waals surface area contributed by atoms with E-state index in [1.165, 1.54) is 12.1 Å². The molecule has 0 aromatic heterocycles. The van der Waals surface area contributed by atoms with Gasteiger partial charge < -0.3 is 19.7 Å². The van der Waals surface area contributed by atoms with Gasteiger partial charge in [0.15, 0.2) is 0 Å². The number of carbonyl (C=O) groups is 2. The minimum absolute atomic E-state index is 0.0104. The second kappa shape index (κ2) is 15.5. The molecular formula is C26H30N4O10. The molecule has 0 radical (unpaired) electrons. The van der Waals surface area contributed by atoms with Crippen molar-refractivity contribution in [3.63, 3.8) is 0 Å². The minimum Gasteiger partial charge on any atom is -0.502 e. The number of nitro groups is 2.